The van der Waals surface area contributed by atoms with Gasteiger partial charge in [0.15, 0.2) is 6.61 Å². The van der Waals surface area contributed by atoms with Crippen molar-refractivity contribution in [2.24, 2.45) is 0 Å². The van der Waals surface area contributed by atoms with Crippen molar-refractivity contribution < 1.29 is 37.0 Å². The van der Waals surface area contributed by atoms with E-state index in [0.29, 0.717) is 36.6 Å². The fraction of sp³-hybridized carbons (Fsp3) is 0.360. The summed E-state index contributed by atoms with van der Waals surface area (Å²) < 4.78 is 59.1. The van der Waals surface area contributed by atoms with Crippen LogP contribution in [-0.2, 0) is 28.6 Å². The zero-order valence-corrected chi connectivity index (χ0v) is 18.9. The first-order chi connectivity index (χ1) is 16.6. The molecule has 0 aliphatic heterocycles. The number of carbonyl (C=O) groups is 2. The second-order valence-electron chi connectivity index (χ2n) is 8.54. The lowest BCUT2D eigenvalue weighted by Gasteiger charge is -2.26. The van der Waals surface area contributed by atoms with Gasteiger partial charge in [-0.05, 0) is 73.7 Å². The van der Waals surface area contributed by atoms with Crippen LogP contribution in [0.25, 0.3) is 10.9 Å². The highest BCUT2D eigenvalue weighted by atomic mass is 19.4. The largest absolute Gasteiger partial charge is 0.484 e. The Morgan fingerprint density at radius 3 is 2.54 bits per heavy atom. The smallest absolute Gasteiger partial charge is 0.416 e. The first kappa shape index (κ1) is 24.6. The molecule has 0 saturated heterocycles. The second-order valence-corrected chi connectivity index (χ2v) is 8.54. The Labute approximate surface area is 198 Å². The second kappa shape index (κ2) is 9.59. The van der Waals surface area contributed by atoms with Gasteiger partial charge in [-0.3, -0.25) is 4.79 Å². The van der Waals surface area contributed by atoms with Crippen LogP contribution in [0.5, 0.6) is 5.75 Å². The molecule has 0 spiro atoms. The molecule has 3 aromatic rings. The van der Waals surface area contributed by atoms with E-state index in [4.69, 9.17) is 4.74 Å². The van der Waals surface area contributed by atoms with Crippen LogP contribution in [0, 0.1) is 5.82 Å². The number of carboxylic acid groups (broad SMARTS) is 1. The minimum Gasteiger partial charge on any atom is -0.484 e. The van der Waals surface area contributed by atoms with E-state index in [1.165, 1.54) is 12.1 Å². The van der Waals surface area contributed by atoms with Crippen molar-refractivity contribution in [1.82, 2.24) is 9.88 Å². The normalized spacial score (nSPS) is 16.5. The lowest BCUT2D eigenvalue weighted by Crippen LogP contribution is -2.41. The molecule has 4 rings (SSSR count). The monoisotopic (exact) mass is 492 g/mol. The molecule has 0 saturated carbocycles. The fourth-order valence-corrected chi connectivity index (χ4v) is 4.67. The van der Waals surface area contributed by atoms with Gasteiger partial charge in [-0.1, -0.05) is 6.92 Å². The summed E-state index contributed by atoms with van der Waals surface area (Å²) in [6.07, 6.45) is -2.65. The molecule has 1 aromatic heterocycles. The summed E-state index contributed by atoms with van der Waals surface area (Å²) in [6.45, 7) is 1.41. The van der Waals surface area contributed by atoms with Crippen molar-refractivity contribution in [2.45, 2.75) is 50.9 Å². The van der Waals surface area contributed by atoms with E-state index in [1.54, 1.807) is 17.6 Å². The number of aliphatic carboxylic acids is 1. The Balaban J connectivity index is 1.47. The van der Waals surface area contributed by atoms with Crippen LogP contribution >= 0.6 is 0 Å². The summed E-state index contributed by atoms with van der Waals surface area (Å²) in [5.41, 5.74) is 1.46. The summed E-state index contributed by atoms with van der Waals surface area (Å²) in [5.74, 6) is -1.70. The average molecular weight is 492 g/mol. The lowest BCUT2D eigenvalue weighted by atomic mass is 9.91. The number of rotatable bonds is 7. The molecule has 0 bridgehead atoms. The molecule has 10 heteroatoms. The van der Waals surface area contributed by atoms with Gasteiger partial charge in [0.05, 0.1) is 5.56 Å². The van der Waals surface area contributed by atoms with Gasteiger partial charge in [0.2, 0.25) is 0 Å². The Hall–Kier alpha value is -3.56. The predicted octanol–water partition coefficient (Wildman–Crippen LogP) is 4.89. The van der Waals surface area contributed by atoms with Gasteiger partial charge in [-0.15, -0.1) is 0 Å². The van der Waals surface area contributed by atoms with E-state index < -0.39 is 35.5 Å². The highest BCUT2D eigenvalue weighted by Gasteiger charge is 2.31. The maximum atomic E-state index is 14.0. The molecule has 0 radical (unpaired) electrons. The Kier molecular flexibility index (Phi) is 6.73. The molecule has 2 atom stereocenters. The average Bonchev–Trinajstić information content (AvgIpc) is 3.10. The molecule has 1 aliphatic carbocycles. The number of amides is 1. The number of nitrogens with one attached hydrogen (secondary N) is 1. The molecule has 2 N–H and O–H groups in total. The number of alkyl halides is 3. The molecule has 1 aliphatic rings. The Morgan fingerprint density at radius 1 is 1.20 bits per heavy atom. The van der Waals surface area contributed by atoms with Gasteiger partial charge >= 0.3 is 12.1 Å². The predicted molar refractivity (Wildman–Crippen MR) is 120 cm³/mol. The van der Waals surface area contributed by atoms with Crippen LogP contribution in [0.2, 0.25) is 0 Å². The summed E-state index contributed by atoms with van der Waals surface area (Å²) in [4.78, 5) is 24.3. The number of carboxylic acids is 1. The number of benzene rings is 2. The molecular formula is C25H24F4N2O4. The third kappa shape index (κ3) is 5.11. The first-order valence-electron chi connectivity index (χ1n) is 11.2. The molecule has 1 heterocycles. The van der Waals surface area contributed by atoms with Gasteiger partial charge in [0, 0.05) is 22.6 Å². The van der Waals surface area contributed by atoms with E-state index in [-0.39, 0.29) is 18.4 Å². The lowest BCUT2D eigenvalue weighted by molar-refractivity contribution is -0.141. The van der Waals surface area contributed by atoms with Crippen molar-refractivity contribution >= 4 is 22.8 Å². The van der Waals surface area contributed by atoms with Crippen LogP contribution in [-0.4, -0.2) is 34.2 Å². The summed E-state index contributed by atoms with van der Waals surface area (Å²) >= 11 is 0. The van der Waals surface area contributed by atoms with E-state index in [0.717, 1.165) is 35.5 Å². The molecule has 6 nitrogen and oxygen atoms in total. The van der Waals surface area contributed by atoms with Crippen molar-refractivity contribution in [3.63, 3.8) is 0 Å². The van der Waals surface area contributed by atoms with Crippen LogP contribution in [0.15, 0.2) is 42.5 Å². The SMILES string of the molecule is CCC(C(=O)O)n1c2c(c3cc(F)ccc31)C[C@@H](NC(=O)COc1ccc(C(F)(F)F)cc1)CC2. The van der Waals surface area contributed by atoms with Crippen molar-refractivity contribution in [1.29, 1.82) is 0 Å². The van der Waals surface area contributed by atoms with Gasteiger partial charge in [0.25, 0.3) is 5.91 Å². The zero-order valence-electron chi connectivity index (χ0n) is 18.9. The van der Waals surface area contributed by atoms with E-state index >= 15 is 0 Å². The summed E-state index contributed by atoms with van der Waals surface area (Å²) in [7, 11) is 0. The Morgan fingerprint density at radius 2 is 1.91 bits per heavy atom. The minimum atomic E-state index is -4.45. The zero-order chi connectivity index (χ0) is 25.3. The van der Waals surface area contributed by atoms with E-state index in [9.17, 15) is 32.3 Å². The minimum absolute atomic E-state index is 0.136. The molecule has 186 valence electrons. The quantitative estimate of drug-likeness (QED) is 0.461. The molecular weight excluding hydrogens is 468 g/mol. The summed E-state index contributed by atoms with van der Waals surface area (Å²) in [6, 6.07) is 7.27. The van der Waals surface area contributed by atoms with E-state index in [1.807, 2.05) is 0 Å². The molecule has 35 heavy (non-hydrogen) atoms. The van der Waals surface area contributed by atoms with E-state index in [2.05, 4.69) is 5.32 Å². The third-order valence-electron chi connectivity index (χ3n) is 6.26. The number of ether oxygens (including phenoxy) is 1. The topological polar surface area (TPSA) is 80.6 Å². The third-order valence-corrected chi connectivity index (χ3v) is 6.26. The number of halogens is 4. The van der Waals surface area contributed by atoms with Crippen molar-refractivity contribution in [3.8, 4) is 5.75 Å². The van der Waals surface area contributed by atoms with Gasteiger partial charge < -0.3 is 19.7 Å². The number of hydrogen-bond donors (Lipinski definition) is 2. The van der Waals surface area contributed by atoms with Crippen molar-refractivity contribution in [2.75, 3.05) is 6.61 Å². The summed E-state index contributed by atoms with van der Waals surface area (Å²) in [5, 5.41) is 13.2. The van der Waals surface area contributed by atoms with Gasteiger partial charge in [0.1, 0.15) is 17.6 Å². The molecule has 2 aromatic carbocycles. The van der Waals surface area contributed by atoms with Crippen LogP contribution < -0.4 is 10.1 Å². The highest BCUT2D eigenvalue weighted by Crippen LogP contribution is 2.36. The number of aromatic nitrogens is 1. The van der Waals surface area contributed by atoms with Crippen LogP contribution in [0.3, 0.4) is 0 Å². The fourth-order valence-electron chi connectivity index (χ4n) is 4.67. The number of carbonyl (C=O) groups excluding carboxylic acids is 1. The Bertz CT molecular complexity index is 1250. The first-order valence-corrected chi connectivity index (χ1v) is 11.2. The molecule has 1 unspecified atom stereocenters. The number of fused-ring (bicyclic) bond motifs is 3. The maximum Gasteiger partial charge on any atom is 0.416 e. The van der Waals surface area contributed by atoms with Gasteiger partial charge in [-0.2, -0.15) is 13.2 Å². The number of nitrogens with zero attached hydrogens (tertiary/aromatic N) is 1. The van der Waals surface area contributed by atoms with Gasteiger partial charge in [-0.25, -0.2) is 9.18 Å². The molecule has 1 amide bonds. The van der Waals surface area contributed by atoms with Crippen LogP contribution in [0.4, 0.5) is 17.6 Å². The highest BCUT2D eigenvalue weighted by molar-refractivity contribution is 5.88. The standard InChI is InChI=1S/C25H24F4N2O4/c1-2-20(24(33)34)31-21-9-5-15(26)11-18(21)19-12-16(6-10-22(19)31)30-23(32)13-35-17-7-3-14(4-8-17)25(27,28)29/h3-5,7-9,11,16,20H,2,6,10,12-13H2,1H3,(H,30,32)(H,33,34)/t16-,20?/m0/s1. The van der Waals surface area contributed by atoms with Crippen molar-refractivity contribution in [3.05, 3.63) is 65.1 Å². The number of hydrogen-bond acceptors (Lipinski definition) is 3. The maximum absolute atomic E-state index is 14.0. The van der Waals surface area contributed by atoms with Crippen LogP contribution in [0.1, 0.15) is 42.6 Å². The molecule has 0 fully saturated rings.